The number of ether oxygens (including phenoxy) is 1. The molecule has 120 valence electrons. The number of nitrogens with one attached hydrogen (secondary N) is 1. The molecular formula is C20H18N2O2. The van der Waals surface area contributed by atoms with Crippen LogP contribution < -0.4 is 10.1 Å². The molecule has 0 bridgehead atoms. The van der Waals surface area contributed by atoms with E-state index in [-0.39, 0.29) is 11.7 Å². The highest BCUT2D eigenvalue weighted by Crippen LogP contribution is 2.33. The molecule has 4 heteroatoms. The minimum absolute atomic E-state index is 0.0963. The second-order valence-corrected chi connectivity index (χ2v) is 5.80. The Morgan fingerprint density at radius 3 is 2.58 bits per heavy atom. The monoisotopic (exact) mass is 318 g/mol. The van der Waals surface area contributed by atoms with Crippen molar-refractivity contribution in [3.63, 3.8) is 0 Å². The molecule has 0 aliphatic heterocycles. The number of hydrogen-bond acceptors (Lipinski definition) is 4. The fraction of sp³-hybridized carbons (Fsp3) is 0.200. The van der Waals surface area contributed by atoms with Gasteiger partial charge in [0.25, 0.3) is 0 Å². The Morgan fingerprint density at radius 2 is 1.88 bits per heavy atom. The number of nitriles is 1. The standard InChI is InChI=1S/C20H18N2O2/c1-24-19-8-6-14(7-9-19)16-10-17(12-18(23)11-16)22-20-5-3-2-4-15(20)13-21/h2-9,12,16,22H,10-11H2,1H3. The quantitative estimate of drug-likeness (QED) is 0.925. The van der Waals surface area contributed by atoms with Gasteiger partial charge in [0.05, 0.1) is 18.4 Å². The van der Waals surface area contributed by atoms with E-state index < -0.39 is 0 Å². The van der Waals surface area contributed by atoms with E-state index in [0.29, 0.717) is 12.0 Å². The van der Waals surface area contributed by atoms with E-state index in [0.717, 1.165) is 29.1 Å². The van der Waals surface area contributed by atoms with Crippen LogP contribution in [0.15, 0.2) is 60.3 Å². The van der Waals surface area contributed by atoms with E-state index in [1.807, 2.05) is 42.5 Å². The van der Waals surface area contributed by atoms with Crippen LogP contribution in [0, 0.1) is 11.3 Å². The maximum atomic E-state index is 12.1. The van der Waals surface area contributed by atoms with E-state index in [1.54, 1.807) is 19.3 Å². The summed E-state index contributed by atoms with van der Waals surface area (Å²) in [6.07, 6.45) is 2.88. The van der Waals surface area contributed by atoms with Crippen LogP contribution in [0.4, 0.5) is 5.69 Å². The summed E-state index contributed by atoms with van der Waals surface area (Å²) >= 11 is 0. The second-order valence-electron chi connectivity index (χ2n) is 5.80. The largest absolute Gasteiger partial charge is 0.497 e. The summed E-state index contributed by atoms with van der Waals surface area (Å²) in [7, 11) is 1.64. The number of rotatable bonds is 4. The lowest BCUT2D eigenvalue weighted by Crippen LogP contribution is -2.17. The van der Waals surface area contributed by atoms with E-state index in [9.17, 15) is 10.1 Å². The molecule has 2 aromatic rings. The van der Waals surface area contributed by atoms with Gasteiger partial charge in [-0.3, -0.25) is 4.79 Å². The Kier molecular flexibility index (Phi) is 4.62. The SMILES string of the molecule is COc1ccc(C2CC(=O)C=C(Nc3ccccc3C#N)C2)cc1. The highest BCUT2D eigenvalue weighted by Gasteiger charge is 2.22. The number of allylic oxidation sites excluding steroid dienone is 2. The van der Waals surface area contributed by atoms with Crippen molar-refractivity contribution in [3.8, 4) is 11.8 Å². The zero-order chi connectivity index (χ0) is 16.9. The van der Waals surface area contributed by atoms with Crippen LogP contribution in [-0.4, -0.2) is 12.9 Å². The predicted octanol–water partition coefficient (Wildman–Crippen LogP) is 4.01. The number of ketones is 1. The summed E-state index contributed by atoms with van der Waals surface area (Å²) < 4.78 is 5.18. The zero-order valence-electron chi connectivity index (χ0n) is 13.5. The maximum Gasteiger partial charge on any atom is 0.158 e. The van der Waals surface area contributed by atoms with Gasteiger partial charge in [-0.1, -0.05) is 24.3 Å². The van der Waals surface area contributed by atoms with Crippen molar-refractivity contribution in [2.75, 3.05) is 12.4 Å². The van der Waals surface area contributed by atoms with Gasteiger partial charge in [-0.2, -0.15) is 5.26 Å². The third-order valence-corrected chi connectivity index (χ3v) is 4.18. The number of benzene rings is 2. The van der Waals surface area contributed by atoms with Crippen LogP contribution in [0.5, 0.6) is 5.75 Å². The molecule has 4 nitrogen and oxygen atoms in total. The fourth-order valence-corrected chi connectivity index (χ4v) is 2.95. The second kappa shape index (κ2) is 7.01. The Hall–Kier alpha value is -3.06. The third-order valence-electron chi connectivity index (χ3n) is 4.18. The number of para-hydroxylation sites is 1. The summed E-state index contributed by atoms with van der Waals surface area (Å²) in [5.74, 6) is 1.03. The Bertz CT molecular complexity index is 816. The number of methoxy groups -OCH3 is 1. The minimum Gasteiger partial charge on any atom is -0.497 e. The van der Waals surface area contributed by atoms with E-state index in [1.165, 1.54) is 0 Å². The summed E-state index contributed by atoms with van der Waals surface area (Å²) in [4.78, 5) is 12.1. The Balaban J connectivity index is 1.80. The average molecular weight is 318 g/mol. The van der Waals surface area contributed by atoms with Crippen LogP contribution >= 0.6 is 0 Å². The molecule has 1 unspecified atom stereocenters. The van der Waals surface area contributed by atoms with Gasteiger partial charge >= 0.3 is 0 Å². The first-order valence-electron chi connectivity index (χ1n) is 7.83. The van der Waals surface area contributed by atoms with E-state index in [2.05, 4.69) is 11.4 Å². The van der Waals surface area contributed by atoms with Crippen molar-refractivity contribution in [2.45, 2.75) is 18.8 Å². The predicted molar refractivity (Wildman–Crippen MR) is 92.8 cm³/mol. The van der Waals surface area contributed by atoms with Gasteiger partial charge in [-0.25, -0.2) is 0 Å². The van der Waals surface area contributed by atoms with Crippen LogP contribution in [0.1, 0.15) is 29.9 Å². The van der Waals surface area contributed by atoms with Gasteiger partial charge in [-0.05, 0) is 42.2 Å². The first kappa shape index (κ1) is 15.8. The molecule has 0 amide bonds. The lowest BCUT2D eigenvalue weighted by molar-refractivity contribution is -0.115. The molecule has 0 heterocycles. The third kappa shape index (κ3) is 3.47. The number of anilines is 1. The zero-order valence-corrected chi connectivity index (χ0v) is 13.5. The first-order chi connectivity index (χ1) is 11.7. The number of carbonyl (C=O) groups excluding carboxylic acids is 1. The summed E-state index contributed by atoms with van der Waals surface area (Å²) in [5, 5.41) is 12.4. The molecule has 0 radical (unpaired) electrons. The van der Waals surface area contributed by atoms with Crippen LogP contribution in [0.2, 0.25) is 0 Å². The molecule has 0 fully saturated rings. The van der Waals surface area contributed by atoms with Crippen molar-refractivity contribution >= 4 is 11.5 Å². The highest BCUT2D eigenvalue weighted by atomic mass is 16.5. The molecule has 1 aliphatic carbocycles. The van der Waals surface area contributed by atoms with Crippen molar-refractivity contribution in [3.05, 3.63) is 71.4 Å². The highest BCUT2D eigenvalue weighted by molar-refractivity contribution is 5.92. The molecule has 2 aromatic carbocycles. The molecule has 0 spiro atoms. The molecule has 3 rings (SSSR count). The topological polar surface area (TPSA) is 62.1 Å². The lowest BCUT2D eigenvalue weighted by Gasteiger charge is -2.24. The van der Waals surface area contributed by atoms with Crippen molar-refractivity contribution < 1.29 is 9.53 Å². The van der Waals surface area contributed by atoms with Crippen molar-refractivity contribution in [1.29, 1.82) is 5.26 Å². The molecule has 0 saturated heterocycles. The van der Waals surface area contributed by atoms with Gasteiger partial charge in [0.2, 0.25) is 0 Å². The van der Waals surface area contributed by atoms with Gasteiger partial charge < -0.3 is 10.1 Å². The normalized spacial score (nSPS) is 16.9. The van der Waals surface area contributed by atoms with Crippen molar-refractivity contribution in [1.82, 2.24) is 0 Å². The minimum atomic E-state index is 0.0963. The smallest absolute Gasteiger partial charge is 0.158 e. The van der Waals surface area contributed by atoms with Gasteiger partial charge in [0.15, 0.2) is 5.78 Å². The lowest BCUT2D eigenvalue weighted by atomic mass is 9.85. The van der Waals surface area contributed by atoms with E-state index >= 15 is 0 Å². The maximum absolute atomic E-state index is 12.1. The summed E-state index contributed by atoms with van der Waals surface area (Å²) in [6.45, 7) is 0. The van der Waals surface area contributed by atoms with Crippen LogP contribution in [0.25, 0.3) is 0 Å². The Morgan fingerprint density at radius 1 is 1.12 bits per heavy atom. The van der Waals surface area contributed by atoms with Crippen LogP contribution in [-0.2, 0) is 4.79 Å². The molecule has 1 atom stereocenters. The number of nitrogens with zero attached hydrogens (tertiary/aromatic N) is 1. The van der Waals surface area contributed by atoms with E-state index in [4.69, 9.17) is 4.74 Å². The first-order valence-corrected chi connectivity index (χ1v) is 7.83. The number of hydrogen-bond donors (Lipinski definition) is 1. The van der Waals surface area contributed by atoms with Crippen LogP contribution in [0.3, 0.4) is 0 Å². The average Bonchev–Trinajstić information content (AvgIpc) is 2.62. The fourth-order valence-electron chi connectivity index (χ4n) is 2.95. The molecule has 0 aromatic heterocycles. The molecule has 1 N–H and O–H groups in total. The summed E-state index contributed by atoms with van der Waals surface area (Å²) in [5.41, 5.74) is 3.26. The molecule has 0 saturated carbocycles. The molecular weight excluding hydrogens is 300 g/mol. The molecule has 1 aliphatic rings. The Labute approximate surface area is 141 Å². The summed E-state index contributed by atoms with van der Waals surface area (Å²) in [6, 6.07) is 17.3. The molecule has 24 heavy (non-hydrogen) atoms. The van der Waals surface area contributed by atoms with Gasteiger partial charge in [0, 0.05) is 18.2 Å². The van der Waals surface area contributed by atoms with Gasteiger partial charge in [-0.15, -0.1) is 0 Å². The van der Waals surface area contributed by atoms with Crippen molar-refractivity contribution in [2.24, 2.45) is 0 Å². The number of carbonyl (C=O) groups is 1. The van der Waals surface area contributed by atoms with Gasteiger partial charge in [0.1, 0.15) is 11.8 Å².